The molecular weight excluding hydrogens is 310 g/mol. The van der Waals surface area contributed by atoms with E-state index in [2.05, 4.69) is 43.8 Å². The molecule has 0 fully saturated rings. The van der Waals surface area contributed by atoms with Gasteiger partial charge < -0.3 is 0 Å². The van der Waals surface area contributed by atoms with Crippen molar-refractivity contribution in [2.45, 2.75) is 26.2 Å². The molecule has 4 heterocycles. The number of nitrogens with zero attached hydrogens (tertiary/aromatic N) is 5. The fourth-order valence-electron chi connectivity index (χ4n) is 3.60. The maximum atomic E-state index is 4.72. The molecule has 5 rings (SSSR count). The van der Waals surface area contributed by atoms with Crippen molar-refractivity contribution < 1.29 is 0 Å². The van der Waals surface area contributed by atoms with Gasteiger partial charge in [-0.25, -0.2) is 0 Å². The van der Waals surface area contributed by atoms with E-state index in [1.807, 2.05) is 30.6 Å². The van der Waals surface area contributed by atoms with E-state index < -0.39 is 0 Å². The molecular formula is C20H19N5. The van der Waals surface area contributed by atoms with E-state index in [-0.39, 0.29) is 0 Å². The second-order valence-corrected chi connectivity index (χ2v) is 6.67. The lowest BCUT2D eigenvalue weighted by Gasteiger charge is -2.27. The first kappa shape index (κ1) is 14.5. The van der Waals surface area contributed by atoms with Crippen LogP contribution in [0.15, 0.2) is 53.7 Å². The lowest BCUT2D eigenvalue weighted by atomic mass is 10.1. The average Bonchev–Trinajstić information content (AvgIpc) is 3.28. The first-order valence-corrected chi connectivity index (χ1v) is 8.67. The Morgan fingerprint density at radius 2 is 2.00 bits per heavy atom. The van der Waals surface area contributed by atoms with Crippen molar-refractivity contribution in [2.75, 3.05) is 6.54 Å². The predicted molar refractivity (Wildman–Crippen MR) is 97.3 cm³/mol. The van der Waals surface area contributed by atoms with Crippen LogP contribution in [0.4, 0.5) is 0 Å². The number of pyridine rings is 1. The summed E-state index contributed by atoms with van der Waals surface area (Å²) in [7, 11) is 0. The van der Waals surface area contributed by atoms with Crippen molar-refractivity contribution in [3.05, 3.63) is 71.0 Å². The second-order valence-electron chi connectivity index (χ2n) is 6.67. The summed E-state index contributed by atoms with van der Waals surface area (Å²) in [5.74, 6) is 0. The summed E-state index contributed by atoms with van der Waals surface area (Å²) in [6.07, 6.45) is 3.81. The largest absolute Gasteiger partial charge is 0.291 e. The summed E-state index contributed by atoms with van der Waals surface area (Å²) in [4.78, 5) is 11.2. The highest BCUT2D eigenvalue weighted by Gasteiger charge is 2.19. The highest BCUT2D eigenvalue weighted by Crippen LogP contribution is 2.22. The SMILES string of the molecule is C1=NCc2ccc(CN3CCn4nc(-c5ccccn5)cc4C3)cc21. The summed E-state index contributed by atoms with van der Waals surface area (Å²) in [5, 5.41) is 4.72. The van der Waals surface area contributed by atoms with Crippen molar-refractivity contribution in [1.82, 2.24) is 19.7 Å². The first-order valence-electron chi connectivity index (χ1n) is 8.67. The van der Waals surface area contributed by atoms with Gasteiger partial charge in [0.25, 0.3) is 0 Å². The molecule has 0 amide bonds. The minimum Gasteiger partial charge on any atom is -0.291 e. The Labute approximate surface area is 146 Å². The molecule has 0 aliphatic carbocycles. The summed E-state index contributed by atoms with van der Waals surface area (Å²) >= 11 is 0. The van der Waals surface area contributed by atoms with Crippen molar-refractivity contribution >= 4 is 6.21 Å². The van der Waals surface area contributed by atoms with E-state index >= 15 is 0 Å². The summed E-state index contributed by atoms with van der Waals surface area (Å²) < 4.78 is 2.12. The Morgan fingerprint density at radius 1 is 1.00 bits per heavy atom. The van der Waals surface area contributed by atoms with Crippen LogP contribution in [0.1, 0.15) is 22.4 Å². The van der Waals surface area contributed by atoms with Gasteiger partial charge in [-0.15, -0.1) is 0 Å². The highest BCUT2D eigenvalue weighted by atomic mass is 15.3. The quantitative estimate of drug-likeness (QED) is 0.742. The van der Waals surface area contributed by atoms with Crippen molar-refractivity contribution in [3.63, 3.8) is 0 Å². The van der Waals surface area contributed by atoms with E-state index in [1.165, 1.54) is 22.4 Å². The van der Waals surface area contributed by atoms with Crippen LogP contribution in [0.2, 0.25) is 0 Å². The summed E-state index contributed by atoms with van der Waals surface area (Å²) in [6, 6.07) is 14.8. The van der Waals surface area contributed by atoms with Gasteiger partial charge in [-0.2, -0.15) is 5.10 Å². The van der Waals surface area contributed by atoms with Crippen molar-refractivity contribution in [1.29, 1.82) is 0 Å². The molecule has 1 aromatic carbocycles. The molecule has 2 aromatic heterocycles. The molecule has 0 saturated carbocycles. The van der Waals surface area contributed by atoms with Crippen molar-refractivity contribution in [3.8, 4) is 11.4 Å². The molecule has 5 nitrogen and oxygen atoms in total. The molecule has 0 unspecified atom stereocenters. The first-order chi connectivity index (χ1) is 12.3. The van der Waals surface area contributed by atoms with Crippen LogP contribution in [0.5, 0.6) is 0 Å². The van der Waals surface area contributed by atoms with Crippen LogP contribution in [-0.2, 0) is 26.2 Å². The van der Waals surface area contributed by atoms with E-state index in [1.54, 1.807) is 0 Å². The Morgan fingerprint density at radius 3 is 2.92 bits per heavy atom. The number of fused-ring (bicyclic) bond motifs is 2. The Balaban J connectivity index is 1.34. The van der Waals surface area contributed by atoms with Gasteiger partial charge in [0.05, 0.1) is 24.5 Å². The number of aliphatic imine (C=N–C) groups is 1. The Hall–Kier alpha value is -2.79. The molecule has 0 bridgehead atoms. The molecule has 25 heavy (non-hydrogen) atoms. The van der Waals surface area contributed by atoms with Crippen LogP contribution >= 0.6 is 0 Å². The maximum absolute atomic E-state index is 4.72. The Bertz CT molecular complexity index is 942. The van der Waals surface area contributed by atoms with Gasteiger partial charge >= 0.3 is 0 Å². The minimum absolute atomic E-state index is 0.828. The zero-order chi connectivity index (χ0) is 16.6. The van der Waals surface area contributed by atoms with Gasteiger partial charge in [0.15, 0.2) is 0 Å². The van der Waals surface area contributed by atoms with Crippen LogP contribution in [0.3, 0.4) is 0 Å². The van der Waals surface area contributed by atoms with E-state index in [0.717, 1.165) is 44.1 Å². The fraction of sp³-hybridized carbons (Fsp3) is 0.250. The molecule has 0 radical (unpaired) electrons. The zero-order valence-electron chi connectivity index (χ0n) is 14.0. The smallest absolute Gasteiger partial charge is 0.111 e. The van der Waals surface area contributed by atoms with Crippen LogP contribution in [0.25, 0.3) is 11.4 Å². The molecule has 0 N–H and O–H groups in total. The molecule has 0 saturated heterocycles. The normalized spacial score (nSPS) is 16.0. The van der Waals surface area contributed by atoms with Gasteiger partial charge in [0.1, 0.15) is 5.69 Å². The molecule has 2 aliphatic heterocycles. The topological polar surface area (TPSA) is 46.3 Å². The standard InChI is InChI=1S/C20H19N5/c1-2-6-22-19(3-1)20-10-18-14-24(7-8-25(18)23-20)13-15-4-5-16-11-21-12-17(16)9-15/h1-6,9-10,12H,7-8,11,13-14H2. The molecule has 0 spiro atoms. The predicted octanol–water partition coefficient (Wildman–Crippen LogP) is 2.89. The lowest BCUT2D eigenvalue weighted by Crippen LogP contribution is -2.33. The minimum atomic E-state index is 0.828. The molecule has 5 heteroatoms. The number of aromatic nitrogens is 3. The van der Waals surface area contributed by atoms with E-state index in [9.17, 15) is 0 Å². The van der Waals surface area contributed by atoms with E-state index in [4.69, 9.17) is 5.10 Å². The van der Waals surface area contributed by atoms with Gasteiger partial charge in [-0.05, 0) is 41.0 Å². The third-order valence-corrected chi connectivity index (χ3v) is 4.91. The van der Waals surface area contributed by atoms with Gasteiger partial charge in [-0.1, -0.05) is 18.2 Å². The fourth-order valence-corrected chi connectivity index (χ4v) is 3.60. The second kappa shape index (κ2) is 5.93. The van der Waals surface area contributed by atoms with Crippen molar-refractivity contribution in [2.24, 2.45) is 4.99 Å². The third kappa shape index (κ3) is 2.76. The maximum Gasteiger partial charge on any atom is 0.111 e. The van der Waals surface area contributed by atoms with Crippen LogP contribution in [0, 0.1) is 0 Å². The number of hydrogen-bond acceptors (Lipinski definition) is 4. The average molecular weight is 329 g/mol. The summed E-state index contributed by atoms with van der Waals surface area (Å²) in [6.45, 7) is 4.65. The molecule has 3 aromatic rings. The van der Waals surface area contributed by atoms with Crippen LogP contribution < -0.4 is 0 Å². The third-order valence-electron chi connectivity index (χ3n) is 4.91. The Kier molecular flexibility index (Phi) is 3.45. The molecule has 0 atom stereocenters. The molecule has 124 valence electrons. The summed E-state index contributed by atoms with van der Waals surface area (Å²) in [5.41, 5.74) is 7.12. The number of rotatable bonds is 3. The van der Waals surface area contributed by atoms with Gasteiger partial charge in [0, 0.05) is 32.0 Å². The zero-order valence-corrected chi connectivity index (χ0v) is 14.0. The van der Waals surface area contributed by atoms with E-state index in [0.29, 0.717) is 0 Å². The highest BCUT2D eigenvalue weighted by molar-refractivity contribution is 5.84. The monoisotopic (exact) mass is 329 g/mol. The lowest BCUT2D eigenvalue weighted by molar-refractivity contribution is 0.205. The van der Waals surface area contributed by atoms with Crippen LogP contribution in [-0.4, -0.2) is 32.4 Å². The van der Waals surface area contributed by atoms with Gasteiger partial charge in [-0.3, -0.25) is 19.6 Å². The molecule has 2 aliphatic rings. The van der Waals surface area contributed by atoms with Gasteiger partial charge in [0.2, 0.25) is 0 Å². The number of hydrogen-bond donors (Lipinski definition) is 0. The number of benzene rings is 1.